The highest BCUT2D eigenvalue weighted by molar-refractivity contribution is 6.18. The van der Waals surface area contributed by atoms with Crippen molar-refractivity contribution in [2.75, 3.05) is 0 Å². The highest BCUT2D eigenvalue weighted by atomic mass is 16.5. The second-order valence-corrected chi connectivity index (χ2v) is 9.77. The molecule has 0 fully saturated rings. The molecule has 0 aliphatic rings. The predicted molar refractivity (Wildman–Crippen MR) is 158 cm³/mol. The van der Waals surface area contributed by atoms with E-state index in [2.05, 4.69) is 135 Å². The summed E-state index contributed by atoms with van der Waals surface area (Å²) < 4.78 is 6.84. The molecule has 0 spiro atoms. The third-order valence-corrected chi connectivity index (χ3v) is 7.71. The lowest BCUT2D eigenvalue weighted by molar-refractivity contribution is 0.491. The van der Waals surface area contributed by atoms with E-state index >= 15 is 0 Å². The molecule has 0 bridgehead atoms. The average Bonchev–Trinajstić information content (AvgIpc) is 2.95. The first-order chi connectivity index (χ1) is 18.2. The molecule has 0 saturated heterocycles. The van der Waals surface area contributed by atoms with Gasteiger partial charge in [0.05, 0.1) is 0 Å². The first-order valence-electron chi connectivity index (χ1n) is 12.8. The van der Waals surface area contributed by atoms with Gasteiger partial charge in [0, 0.05) is 10.8 Å². The highest BCUT2D eigenvalue weighted by Gasteiger charge is 2.19. The Hall–Kier alpha value is -4.62. The van der Waals surface area contributed by atoms with Crippen LogP contribution in [0.3, 0.4) is 0 Å². The van der Waals surface area contributed by atoms with Crippen LogP contribution in [0.25, 0.3) is 54.2 Å². The van der Waals surface area contributed by atoms with Gasteiger partial charge in [0.1, 0.15) is 11.5 Å². The molecule has 37 heavy (non-hydrogen) atoms. The van der Waals surface area contributed by atoms with Crippen LogP contribution < -0.4 is 4.74 Å². The van der Waals surface area contributed by atoms with Gasteiger partial charge < -0.3 is 4.74 Å². The lowest BCUT2D eigenvalue weighted by Gasteiger charge is -2.20. The van der Waals surface area contributed by atoms with E-state index in [1.165, 1.54) is 49.0 Å². The normalized spacial score (nSPS) is 11.5. The van der Waals surface area contributed by atoms with Crippen molar-refractivity contribution in [3.8, 4) is 22.6 Å². The van der Waals surface area contributed by atoms with Crippen molar-refractivity contribution in [2.45, 2.75) is 13.8 Å². The molecule has 0 heterocycles. The van der Waals surface area contributed by atoms with Crippen molar-refractivity contribution in [1.29, 1.82) is 0 Å². The summed E-state index contributed by atoms with van der Waals surface area (Å²) in [6.45, 7) is 4.39. The number of hydrogen-bond donors (Lipinski definition) is 0. The SMILES string of the molecule is Cc1c(Oc2c3ccccc3c(-c3ccc4ccccc4c3C)c3ccccc23)ccc2ccccc12. The second-order valence-electron chi connectivity index (χ2n) is 9.77. The van der Waals surface area contributed by atoms with Gasteiger partial charge in [-0.05, 0) is 74.5 Å². The van der Waals surface area contributed by atoms with Crippen LogP contribution in [-0.2, 0) is 0 Å². The summed E-state index contributed by atoms with van der Waals surface area (Å²) in [5.41, 5.74) is 4.98. The van der Waals surface area contributed by atoms with E-state index in [4.69, 9.17) is 4.74 Å². The van der Waals surface area contributed by atoms with Crippen LogP contribution in [0.5, 0.6) is 11.5 Å². The number of aryl methyl sites for hydroxylation is 2. The van der Waals surface area contributed by atoms with Crippen LogP contribution >= 0.6 is 0 Å². The quantitative estimate of drug-likeness (QED) is 0.231. The Bertz CT molecular complexity index is 1920. The molecule has 7 aromatic rings. The van der Waals surface area contributed by atoms with Crippen LogP contribution in [0.15, 0.2) is 121 Å². The van der Waals surface area contributed by atoms with E-state index in [0.717, 1.165) is 27.8 Å². The Morgan fingerprint density at radius 2 is 0.865 bits per heavy atom. The van der Waals surface area contributed by atoms with Gasteiger partial charge in [-0.2, -0.15) is 0 Å². The van der Waals surface area contributed by atoms with Gasteiger partial charge in [0.25, 0.3) is 0 Å². The van der Waals surface area contributed by atoms with Gasteiger partial charge >= 0.3 is 0 Å². The van der Waals surface area contributed by atoms with E-state index in [1.807, 2.05) is 0 Å². The zero-order valence-corrected chi connectivity index (χ0v) is 21.0. The largest absolute Gasteiger partial charge is 0.456 e. The minimum atomic E-state index is 0.892. The first-order valence-corrected chi connectivity index (χ1v) is 12.8. The van der Waals surface area contributed by atoms with Crippen molar-refractivity contribution in [1.82, 2.24) is 0 Å². The maximum Gasteiger partial charge on any atom is 0.143 e. The zero-order valence-electron chi connectivity index (χ0n) is 21.0. The fourth-order valence-electron chi connectivity index (χ4n) is 5.81. The molecule has 0 N–H and O–H groups in total. The van der Waals surface area contributed by atoms with Crippen LogP contribution in [0.4, 0.5) is 0 Å². The van der Waals surface area contributed by atoms with Crippen LogP contribution in [0.2, 0.25) is 0 Å². The summed E-state index contributed by atoms with van der Waals surface area (Å²) in [6, 6.07) is 43.2. The average molecular weight is 475 g/mol. The van der Waals surface area contributed by atoms with Crippen molar-refractivity contribution >= 4 is 43.1 Å². The van der Waals surface area contributed by atoms with Gasteiger partial charge in [-0.25, -0.2) is 0 Å². The van der Waals surface area contributed by atoms with E-state index < -0.39 is 0 Å². The number of ether oxygens (including phenoxy) is 1. The summed E-state index contributed by atoms with van der Waals surface area (Å²) in [6.07, 6.45) is 0. The second kappa shape index (κ2) is 8.50. The molecule has 0 amide bonds. The number of rotatable bonds is 3. The molecule has 0 atom stereocenters. The van der Waals surface area contributed by atoms with E-state index in [0.29, 0.717) is 0 Å². The van der Waals surface area contributed by atoms with Gasteiger partial charge in [-0.3, -0.25) is 0 Å². The van der Waals surface area contributed by atoms with E-state index in [9.17, 15) is 0 Å². The Balaban J connectivity index is 1.53. The summed E-state index contributed by atoms with van der Waals surface area (Å²) in [7, 11) is 0. The van der Waals surface area contributed by atoms with Crippen molar-refractivity contribution in [2.24, 2.45) is 0 Å². The maximum absolute atomic E-state index is 6.84. The molecule has 1 nitrogen and oxygen atoms in total. The fourth-order valence-corrected chi connectivity index (χ4v) is 5.81. The molecular formula is C36H26O. The standard InChI is InChI=1S/C36H26O/c1-23-27-13-5-3-11-25(27)19-21-29(23)35-30-15-7-9-17-32(30)36(33-18-10-8-16-31(33)35)37-34-22-20-26-12-4-6-14-28(26)24(34)2/h3-22H,1-2H3. The van der Waals surface area contributed by atoms with Gasteiger partial charge in [-0.15, -0.1) is 0 Å². The Morgan fingerprint density at radius 3 is 1.46 bits per heavy atom. The number of fused-ring (bicyclic) bond motifs is 4. The monoisotopic (exact) mass is 474 g/mol. The molecule has 0 saturated carbocycles. The Labute approximate surface area is 216 Å². The first kappa shape index (κ1) is 21.6. The Kier molecular flexibility index (Phi) is 4.97. The van der Waals surface area contributed by atoms with E-state index in [-0.39, 0.29) is 0 Å². The topological polar surface area (TPSA) is 9.23 Å². The molecule has 0 unspecified atom stereocenters. The molecular weight excluding hydrogens is 448 g/mol. The summed E-state index contributed by atoms with van der Waals surface area (Å²) in [5.74, 6) is 1.80. The smallest absolute Gasteiger partial charge is 0.143 e. The van der Waals surface area contributed by atoms with Gasteiger partial charge in [-0.1, -0.05) is 115 Å². The molecule has 1 heteroatoms. The molecule has 0 aromatic heterocycles. The minimum Gasteiger partial charge on any atom is -0.456 e. The summed E-state index contributed by atoms with van der Waals surface area (Å²) in [4.78, 5) is 0. The molecule has 176 valence electrons. The predicted octanol–water partition coefficient (Wildman–Crippen LogP) is 10.4. The highest BCUT2D eigenvalue weighted by Crippen LogP contribution is 2.46. The van der Waals surface area contributed by atoms with E-state index in [1.54, 1.807) is 0 Å². The van der Waals surface area contributed by atoms with Crippen molar-refractivity contribution in [3.63, 3.8) is 0 Å². The fraction of sp³-hybridized carbons (Fsp3) is 0.0556. The van der Waals surface area contributed by atoms with Gasteiger partial charge in [0.2, 0.25) is 0 Å². The lowest BCUT2D eigenvalue weighted by Crippen LogP contribution is -1.95. The molecule has 0 radical (unpaired) electrons. The van der Waals surface area contributed by atoms with Crippen LogP contribution in [-0.4, -0.2) is 0 Å². The third kappa shape index (κ3) is 3.39. The lowest BCUT2D eigenvalue weighted by atomic mass is 9.87. The molecule has 7 rings (SSSR count). The van der Waals surface area contributed by atoms with Crippen LogP contribution in [0.1, 0.15) is 11.1 Å². The van der Waals surface area contributed by atoms with Crippen molar-refractivity contribution < 1.29 is 4.74 Å². The summed E-state index contributed by atoms with van der Waals surface area (Å²) in [5, 5.41) is 9.65. The van der Waals surface area contributed by atoms with Gasteiger partial charge in [0.15, 0.2) is 0 Å². The zero-order chi connectivity index (χ0) is 24.9. The molecule has 0 aliphatic carbocycles. The molecule has 0 aliphatic heterocycles. The number of benzene rings is 7. The minimum absolute atomic E-state index is 0.892. The summed E-state index contributed by atoms with van der Waals surface area (Å²) >= 11 is 0. The van der Waals surface area contributed by atoms with Crippen molar-refractivity contribution in [3.05, 3.63) is 132 Å². The third-order valence-electron chi connectivity index (χ3n) is 7.71. The Morgan fingerprint density at radius 1 is 0.405 bits per heavy atom. The maximum atomic E-state index is 6.84. The number of hydrogen-bond acceptors (Lipinski definition) is 1. The molecule has 7 aromatic carbocycles. The van der Waals surface area contributed by atoms with Crippen LogP contribution in [0, 0.1) is 13.8 Å².